The predicted molar refractivity (Wildman–Crippen MR) is 114 cm³/mol. The first-order valence-electron chi connectivity index (χ1n) is 9.68. The summed E-state index contributed by atoms with van der Waals surface area (Å²) in [5.41, 5.74) is 6.44. The minimum atomic E-state index is 0.475. The van der Waals surface area contributed by atoms with Crippen LogP contribution in [0.1, 0.15) is 36.2 Å². The van der Waals surface area contributed by atoms with Gasteiger partial charge in [-0.3, -0.25) is 0 Å². The summed E-state index contributed by atoms with van der Waals surface area (Å²) < 4.78 is 6.17. The minimum absolute atomic E-state index is 0.475. The molecule has 3 aromatic rings. The van der Waals surface area contributed by atoms with E-state index < -0.39 is 0 Å². The number of nitrogens with two attached hydrogens (primary N) is 1. The van der Waals surface area contributed by atoms with Crippen LogP contribution in [-0.2, 0) is 19.4 Å². The van der Waals surface area contributed by atoms with E-state index in [2.05, 4.69) is 35.9 Å². The lowest BCUT2D eigenvalue weighted by molar-refractivity contribution is 0.303. The molecule has 0 fully saturated rings. The van der Waals surface area contributed by atoms with E-state index in [1.54, 1.807) is 5.01 Å². The second kappa shape index (κ2) is 8.85. The summed E-state index contributed by atoms with van der Waals surface area (Å²) in [5, 5.41) is 1.64. The van der Waals surface area contributed by atoms with Crippen LogP contribution in [0.3, 0.4) is 0 Å². The fourth-order valence-corrected chi connectivity index (χ4v) is 3.28. The minimum Gasteiger partial charge on any atom is -0.489 e. The zero-order valence-corrected chi connectivity index (χ0v) is 17.1. The van der Waals surface area contributed by atoms with Crippen molar-refractivity contribution in [3.05, 3.63) is 71.0 Å². The molecule has 0 saturated heterocycles. The second-order valence-corrected chi connectivity index (χ2v) is 6.87. The average Bonchev–Trinajstić information content (AvgIpc) is 2.72. The van der Waals surface area contributed by atoms with Gasteiger partial charge in [-0.25, -0.2) is 15.8 Å². The smallest absolute Gasteiger partial charge is 0.159 e. The lowest BCUT2D eigenvalue weighted by Crippen LogP contribution is -2.27. The van der Waals surface area contributed by atoms with Crippen LogP contribution in [0.4, 0.5) is 5.69 Å². The van der Waals surface area contributed by atoms with E-state index in [9.17, 15) is 0 Å². The molecule has 0 aliphatic heterocycles. The molecule has 0 spiro atoms. The molecule has 28 heavy (non-hydrogen) atoms. The molecule has 0 saturated carbocycles. The molecular weight excluding hydrogens is 348 g/mol. The molecule has 5 heteroatoms. The Labute approximate surface area is 167 Å². The largest absolute Gasteiger partial charge is 0.489 e. The van der Waals surface area contributed by atoms with Gasteiger partial charge in [-0.2, -0.15) is 0 Å². The summed E-state index contributed by atoms with van der Waals surface area (Å²) in [6, 6.07) is 14.2. The highest BCUT2D eigenvalue weighted by Crippen LogP contribution is 2.28. The topological polar surface area (TPSA) is 64.3 Å². The molecule has 0 aliphatic rings. The van der Waals surface area contributed by atoms with Crippen LogP contribution in [0.2, 0.25) is 0 Å². The molecule has 3 rings (SSSR count). The predicted octanol–water partition coefficient (Wildman–Crippen LogP) is 4.47. The van der Waals surface area contributed by atoms with Crippen molar-refractivity contribution in [1.82, 2.24) is 9.97 Å². The molecule has 0 radical (unpaired) electrons. The van der Waals surface area contributed by atoms with Crippen molar-refractivity contribution < 1.29 is 4.74 Å². The van der Waals surface area contributed by atoms with Crippen molar-refractivity contribution >= 4 is 5.69 Å². The zero-order chi connectivity index (χ0) is 20.1. The summed E-state index contributed by atoms with van der Waals surface area (Å²) in [4.78, 5) is 9.01. The Bertz CT molecular complexity index is 953. The highest BCUT2D eigenvalue weighted by molar-refractivity contribution is 5.59. The first-order chi connectivity index (χ1) is 13.5. The summed E-state index contributed by atoms with van der Waals surface area (Å²) in [7, 11) is 1.85. The Morgan fingerprint density at radius 1 is 1.07 bits per heavy atom. The van der Waals surface area contributed by atoms with Gasteiger partial charge in [-0.15, -0.1) is 0 Å². The Balaban J connectivity index is 1.83. The highest BCUT2D eigenvalue weighted by Gasteiger charge is 2.12. The van der Waals surface area contributed by atoms with Gasteiger partial charge in [-0.1, -0.05) is 26.0 Å². The van der Waals surface area contributed by atoms with Crippen LogP contribution >= 0.6 is 0 Å². The number of benzene rings is 2. The molecule has 146 valence electrons. The normalized spacial score (nSPS) is 10.8. The van der Waals surface area contributed by atoms with Gasteiger partial charge < -0.3 is 9.75 Å². The van der Waals surface area contributed by atoms with Gasteiger partial charge in [0.15, 0.2) is 5.82 Å². The van der Waals surface area contributed by atoms with Crippen molar-refractivity contribution in [2.75, 3.05) is 12.1 Å². The number of hydrazine groups is 1. The van der Waals surface area contributed by atoms with E-state index in [-0.39, 0.29) is 0 Å². The quantitative estimate of drug-likeness (QED) is 0.487. The van der Waals surface area contributed by atoms with Gasteiger partial charge in [0.2, 0.25) is 0 Å². The van der Waals surface area contributed by atoms with Gasteiger partial charge in [0, 0.05) is 30.1 Å². The van der Waals surface area contributed by atoms with Crippen molar-refractivity contribution in [3.63, 3.8) is 0 Å². The van der Waals surface area contributed by atoms with Crippen molar-refractivity contribution in [1.29, 1.82) is 0 Å². The molecule has 2 aromatic carbocycles. The SMILES string of the molecule is CCc1ccnc(-c2ccc(OCc3c(CC)cccc3N(C)N)c(C)c2)n1. The Morgan fingerprint density at radius 3 is 2.57 bits per heavy atom. The third kappa shape index (κ3) is 4.31. The maximum absolute atomic E-state index is 6.17. The first kappa shape index (κ1) is 19.8. The lowest BCUT2D eigenvalue weighted by atomic mass is 10.0. The summed E-state index contributed by atoms with van der Waals surface area (Å²) in [6.45, 7) is 6.76. The Morgan fingerprint density at radius 2 is 1.89 bits per heavy atom. The number of hydrogen-bond acceptors (Lipinski definition) is 5. The number of aromatic nitrogens is 2. The Hall–Kier alpha value is -2.92. The lowest BCUT2D eigenvalue weighted by Gasteiger charge is -2.20. The molecule has 1 heterocycles. The van der Waals surface area contributed by atoms with Crippen LogP contribution in [0, 0.1) is 6.92 Å². The molecular formula is C23H28N4O. The monoisotopic (exact) mass is 376 g/mol. The summed E-state index contributed by atoms with van der Waals surface area (Å²) >= 11 is 0. The van der Waals surface area contributed by atoms with E-state index in [0.29, 0.717) is 6.61 Å². The van der Waals surface area contributed by atoms with Gasteiger partial charge >= 0.3 is 0 Å². The zero-order valence-electron chi connectivity index (χ0n) is 17.1. The molecule has 2 N–H and O–H groups in total. The van der Waals surface area contributed by atoms with Crippen LogP contribution in [0.15, 0.2) is 48.7 Å². The molecule has 0 unspecified atom stereocenters. The maximum atomic E-state index is 6.17. The van der Waals surface area contributed by atoms with Crippen molar-refractivity contribution in [3.8, 4) is 17.1 Å². The fraction of sp³-hybridized carbons (Fsp3) is 0.304. The van der Waals surface area contributed by atoms with Crippen LogP contribution in [0.25, 0.3) is 11.4 Å². The number of rotatable bonds is 7. The van der Waals surface area contributed by atoms with E-state index in [0.717, 1.165) is 52.5 Å². The molecule has 1 aromatic heterocycles. The molecule has 0 atom stereocenters. The third-order valence-corrected chi connectivity index (χ3v) is 4.89. The van der Waals surface area contributed by atoms with Gasteiger partial charge in [0.05, 0.1) is 5.69 Å². The van der Waals surface area contributed by atoms with E-state index in [1.165, 1.54) is 5.56 Å². The fourth-order valence-electron chi connectivity index (χ4n) is 3.28. The number of anilines is 1. The molecule has 5 nitrogen and oxygen atoms in total. The Kier molecular flexibility index (Phi) is 6.26. The van der Waals surface area contributed by atoms with Crippen molar-refractivity contribution in [2.45, 2.75) is 40.2 Å². The number of ether oxygens (including phenoxy) is 1. The highest BCUT2D eigenvalue weighted by atomic mass is 16.5. The first-order valence-corrected chi connectivity index (χ1v) is 9.68. The number of aryl methyl sites for hydroxylation is 3. The van der Waals surface area contributed by atoms with Crippen LogP contribution in [0.5, 0.6) is 5.75 Å². The second-order valence-electron chi connectivity index (χ2n) is 6.87. The van der Waals surface area contributed by atoms with Gasteiger partial charge in [-0.05, 0) is 61.2 Å². The van der Waals surface area contributed by atoms with E-state index in [4.69, 9.17) is 10.6 Å². The number of hydrogen-bond donors (Lipinski definition) is 1. The van der Waals surface area contributed by atoms with Gasteiger partial charge in [0.25, 0.3) is 0 Å². The van der Waals surface area contributed by atoms with Crippen molar-refractivity contribution in [2.24, 2.45) is 5.84 Å². The maximum Gasteiger partial charge on any atom is 0.159 e. The van der Waals surface area contributed by atoms with Crippen LogP contribution < -0.4 is 15.6 Å². The number of nitrogens with zero attached hydrogens (tertiary/aromatic N) is 3. The molecule has 0 aliphatic carbocycles. The van der Waals surface area contributed by atoms with Crippen LogP contribution in [-0.4, -0.2) is 17.0 Å². The molecule has 0 bridgehead atoms. The summed E-state index contributed by atoms with van der Waals surface area (Å²) in [6.07, 6.45) is 3.64. The van der Waals surface area contributed by atoms with Gasteiger partial charge in [0.1, 0.15) is 12.4 Å². The molecule has 0 amide bonds. The summed E-state index contributed by atoms with van der Waals surface area (Å²) in [5.74, 6) is 7.61. The third-order valence-electron chi connectivity index (χ3n) is 4.89. The van der Waals surface area contributed by atoms with E-state index in [1.807, 2.05) is 50.5 Å². The average molecular weight is 377 g/mol. The van der Waals surface area contributed by atoms with E-state index >= 15 is 0 Å². The standard InChI is InChI=1S/C23H28N4O/c1-5-17-8-7-9-21(27(4)24)20(17)15-28-22-11-10-18(14-16(22)3)23-25-13-12-19(6-2)26-23/h7-14H,5-6,15,24H2,1-4H3.